The topological polar surface area (TPSA) is 88.6 Å². The van der Waals surface area contributed by atoms with Gasteiger partial charge in [-0.1, -0.05) is 18.2 Å². The standard InChI is InChI=1S/C27H29ClFN5O3/c1-5-25(35)31-18-6-7-21(29)23(13-18)37-26-20(28)15-30-27(33-26)32-22-12-16(2)19(14-24(22)36-4)17-8-10-34(3)11-9-17/h5-7,12-15,17H,1,8-11H2,2-4H3,(H,31,35)(H,30,32,33). The number of benzene rings is 2. The third kappa shape index (κ3) is 6.36. The van der Waals surface area contributed by atoms with Crippen LogP contribution >= 0.6 is 11.6 Å². The highest BCUT2D eigenvalue weighted by atomic mass is 35.5. The molecule has 0 unspecified atom stereocenters. The molecule has 1 amide bonds. The molecule has 0 atom stereocenters. The van der Waals surface area contributed by atoms with Gasteiger partial charge in [0, 0.05) is 11.8 Å². The van der Waals surface area contributed by atoms with Gasteiger partial charge >= 0.3 is 0 Å². The SMILES string of the molecule is C=CC(=O)Nc1ccc(F)c(Oc2nc(Nc3cc(C)c(C4CCN(C)CC4)cc3OC)ncc2Cl)c1. The number of aromatic nitrogens is 2. The van der Waals surface area contributed by atoms with Gasteiger partial charge in [0.2, 0.25) is 17.7 Å². The molecule has 0 aliphatic carbocycles. The molecule has 1 aliphatic heterocycles. The molecule has 8 nitrogen and oxygen atoms in total. The summed E-state index contributed by atoms with van der Waals surface area (Å²) in [5.41, 5.74) is 3.43. The average molecular weight is 526 g/mol. The summed E-state index contributed by atoms with van der Waals surface area (Å²) in [6.07, 6.45) is 4.67. The summed E-state index contributed by atoms with van der Waals surface area (Å²) in [7, 11) is 3.76. The molecule has 37 heavy (non-hydrogen) atoms. The van der Waals surface area contributed by atoms with Crippen LogP contribution in [0.2, 0.25) is 5.02 Å². The van der Waals surface area contributed by atoms with Crippen molar-refractivity contribution >= 4 is 34.8 Å². The summed E-state index contributed by atoms with van der Waals surface area (Å²) in [4.78, 5) is 22.5. The van der Waals surface area contributed by atoms with Crippen LogP contribution < -0.4 is 20.1 Å². The Kier molecular flexibility index (Phi) is 8.25. The van der Waals surface area contributed by atoms with E-state index in [2.05, 4.69) is 52.1 Å². The van der Waals surface area contributed by atoms with Gasteiger partial charge in [0.05, 0.1) is 19.0 Å². The van der Waals surface area contributed by atoms with Crippen LogP contribution in [0.1, 0.15) is 29.9 Å². The lowest BCUT2D eigenvalue weighted by atomic mass is 9.86. The number of hydrogen-bond acceptors (Lipinski definition) is 7. The third-order valence-corrected chi connectivity index (χ3v) is 6.55. The molecule has 1 aliphatic rings. The second-order valence-corrected chi connectivity index (χ2v) is 9.31. The Morgan fingerprint density at radius 3 is 2.70 bits per heavy atom. The predicted octanol–water partition coefficient (Wildman–Crippen LogP) is 6.06. The maximum absolute atomic E-state index is 14.4. The molecular formula is C27H29ClFN5O3. The summed E-state index contributed by atoms with van der Waals surface area (Å²) in [5.74, 6) is 0.0387. The number of likely N-dealkylation sites (tertiary alicyclic amines) is 1. The molecule has 2 N–H and O–H groups in total. The van der Waals surface area contributed by atoms with E-state index in [-0.39, 0.29) is 22.6 Å². The van der Waals surface area contributed by atoms with Crippen molar-refractivity contribution in [2.24, 2.45) is 0 Å². The summed E-state index contributed by atoms with van der Waals surface area (Å²) in [6.45, 7) is 7.61. The zero-order valence-electron chi connectivity index (χ0n) is 21.0. The number of anilines is 3. The van der Waals surface area contributed by atoms with Gasteiger partial charge in [-0.25, -0.2) is 9.37 Å². The van der Waals surface area contributed by atoms with E-state index in [1.54, 1.807) is 7.11 Å². The number of aryl methyl sites for hydroxylation is 1. The van der Waals surface area contributed by atoms with Crippen molar-refractivity contribution in [3.05, 3.63) is 71.2 Å². The van der Waals surface area contributed by atoms with Gasteiger partial charge in [0.1, 0.15) is 10.8 Å². The Morgan fingerprint density at radius 1 is 1.24 bits per heavy atom. The van der Waals surface area contributed by atoms with E-state index in [4.69, 9.17) is 21.1 Å². The van der Waals surface area contributed by atoms with E-state index in [1.807, 2.05) is 6.07 Å². The molecule has 2 heterocycles. The molecule has 10 heteroatoms. The number of nitrogens with zero attached hydrogens (tertiary/aromatic N) is 3. The normalized spacial score (nSPS) is 14.2. The van der Waals surface area contributed by atoms with Crippen LogP contribution in [0.3, 0.4) is 0 Å². The van der Waals surface area contributed by atoms with Gasteiger partial charge in [-0.3, -0.25) is 4.79 Å². The van der Waals surface area contributed by atoms with Gasteiger partial charge in [0.25, 0.3) is 0 Å². The van der Waals surface area contributed by atoms with Crippen LogP contribution in [0.5, 0.6) is 17.4 Å². The number of carbonyl (C=O) groups is 1. The molecule has 1 fully saturated rings. The van der Waals surface area contributed by atoms with Gasteiger partial charge in [-0.15, -0.1) is 0 Å². The number of carbonyl (C=O) groups excluding carboxylic acids is 1. The third-order valence-electron chi connectivity index (χ3n) is 6.30. The van der Waals surface area contributed by atoms with Gasteiger partial charge < -0.3 is 25.0 Å². The van der Waals surface area contributed by atoms with Crippen molar-refractivity contribution in [1.82, 2.24) is 14.9 Å². The quantitative estimate of drug-likeness (QED) is 0.346. The van der Waals surface area contributed by atoms with Crippen LogP contribution in [-0.4, -0.2) is 48.0 Å². The highest BCUT2D eigenvalue weighted by Gasteiger charge is 2.22. The second-order valence-electron chi connectivity index (χ2n) is 8.90. The van der Waals surface area contributed by atoms with E-state index in [9.17, 15) is 9.18 Å². The smallest absolute Gasteiger partial charge is 0.247 e. The number of methoxy groups -OCH3 is 1. The van der Waals surface area contributed by atoms with Crippen LogP contribution in [-0.2, 0) is 4.79 Å². The van der Waals surface area contributed by atoms with E-state index in [0.29, 0.717) is 23.0 Å². The zero-order chi connectivity index (χ0) is 26.5. The van der Waals surface area contributed by atoms with Crippen molar-refractivity contribution in [3.8, 4) is 17.4 Å². The second kappa shape index (κ2) is 11.6. The fourth-order valence-electron chi connectivity index (χ4n) is 4.29. The van der Waals surface area contributed by atoms with Crippen LogP contribution in [0.15, 0.2) is 49.2 Å². The van der Waals surface area contributed by atoms with Crippen molar-refractivity contribution in [3.63, 3.8) is 0 Å². The Balaban J connectivity index is 1.57. The van der Waals surface area contributed by atoms with Crippen molar-refractivity contribution in [2.75, 3.05) is 37.9 Å². The van der Waals surface area contributed by atoms with Gasteiger partial charge in [-0.2, -0.15) is 4.98 Å². The van der Waals surface area contributed by atoms with Gasteiger partial charge in [0.15, 0.2) is 11.6 Å². The highest BCUT2D eigenvalue weighted by molar-refractivity contribution is 6.31. The fraction of sp³-hybridized carbons (Fsp3) is 0.296. The van der Waals surface area contributed by atoms with E-state index in [1.165, 1.54) is 30.0 Å². The van der Waals surface area contributed by atoms with E-state index in [0.717, 1.165) is 37.6 Å². The molecule has 194 valence electrons. The summed E-state index contributed by atoms with van der Waals surface area (Å²) >= 11 is 6.24. The Morgan fingerprint density at radius 2 is 2.00 bits per heavy atom. The summed E-state index contributed by atoms with van der Waals surface area (Å²) in [5, 5.41) is 5.80. The van der Waals surface area contributed by atoms with E-state index < -0.39 is 11.7 Å². The number of piperidine rings is 1. The largest absolute Gasteiger partial charge is 0.495 e. The average Bonchev–Trinajstić information content (AvgIpc) is 2.88. The molecule has 0 saturated carbocycles. The number of amides is 1. The van der Waals surface area contributed by atoms with Gasteiger partial charge in [-0.05, 0) is 87.3 Å². The fourth-order valence-corrected chi connectivity index (χ4v) is 4.42. The monoisotopic (exact) mass is 525 g/mol. The highest BCUT2D eigenvalue weighted by Crippen LogP contribution is 2.38. The Labute approximate surface area is 220 Å². The van der Waals surface area contributed by atoms with Crippen molar-refractivity contribution in [2.45, 2.75) is 25.7 Å². The van der Waals surface area contributed by atoms with E-state index >= 15 is 0 Å². The first-order chi connectivity index (χ1) is 17.8. The minimum atomic E-state index is -0.650. The molecular weight excluding hydrogens is 497 g/mol. The molecule has 0 bridgehead atoms. The maximum Gasteiger partial charge on any atom is 0.247 e. The Bertz CT molecular complexity index is 1310. The lowest BCUT2D eigenvalue weighted by molar-refractivity contribution is -0.111. The first kappa shape index (κ1) is 26.4. The maximum atomic E-state index is 14.4. The molecule has 4 rings (SSSR count). The molecule has 1 aromatic heterocycles. The number of rotatable bonds is 8. The minimum absolute atomic E-state index is 0.0519. The predicted molar refractivity (Wildman–Crippen MR) is 143 cm³/mol. The van der Waals surface area contributed by atoms with Crippen LogP contribution in [0.25, 0.3) is 0 Å². The number of nitrogens with one attached hydrogen (secondary N) is 2. The molecule has 0 radical (unpaired) electrons. The lowest BCUT2D eigenvalue weighted by Crippen LogP contribution is -2.29. The van der Waals surface area contributed by atoms with Crippen molar-refractivity contribution < 1.29 is 18.7 Å². The number of halogens is 2. The van der Waals surface area contributed by atoms with Crippen LogP contribution in [0.4, 0.5) is 21.7 Å². The molecule has 1 saturated heterocycles. The van der Waals surface area contributed by atoms with Crippen LogP contribution in [0, 0.1) is 12.7 Å². The van der Waals surface area contributed by atoms with Crippen molar-refractivity contribution in [1.29, 1.82) is 0 Å². The number of hydrogen-bond donors (Lipinski definition) is 2. The summed E-state index contributed by atoms with van der Waals surface area (Å²) < 4.78 is 25.7. The number of ether oxygens (including phenoxy) is 2. The summed E-state index contributed by atoms with van der Waals surface area (Å²) in [6, 6.07) is 7.98. The molecule has 3 aromatic rings. The molecule has 2 aromatic carbocycles. The molecule has 0 spiro atoms. The minimum Gasteiger partial charge on any atom is -0.495 e. The zero-order valence-corrected chi connectivity index (χ0v) is 21.7. The first-order valence-corrected chi connectivity index (χ1v) is 12.2. The lowest BCUT2D eigenvalue weighted by Gasteiger charge is -2.30. The first-order valence-electron chi connectivity index (χ1n) is 11.8. The Hall–Kier alpha value is -3.69.